The van der Waals surface area contributed by atoms with Crippen LogP contribution in [0.15, 0.2) is 51.7 Å². The number of hydrogen-bond acceptors (Lipinski definition) is 9. The predicted molar refractivity (Wildman–Crippen MR) is 143 cm³/mol. The summed E-state index contributed by atoms with van der Waals surface area (Å²) in [6, 6.07) is 11.2. The van der Waals surface area contributed by atoms with Gasteiger partial charge in [0, 0.05) is 0 Å². The van der Waals surface area contributed by atoms with Gasteiger partial charge in [-0.25, -0.2) is 9.78 Å². The molecule has 4 aromatic rings. The van der Waals surface area contributed by atoms with Crippen LogP contribution in [0.1, 0.15) is 62.9 Å². The van der Waals surface area contributed by atoms with E-state index in [1.807, 2.05) is 0 Å². The second-order valence-corrected chi connectivity index (χ2v) is 9.74. The summed E-state index contributed by atoms with van der Waals surface area (Å²) in [6.45, 7) is 4.28. The summed E-state index contributed by atoms with van der Waals surface area (Å²) in [4.78, 5) is 46.1. The highest BCUT2D eigenvalue weighted by atomic mass is 32.1. The van der Waals surface area contributed by atoms with Crippen molar-refractivity contribution in [3.8, 4) is 11.5 Å². The van der Waals surface area contributed by atoms with E-state index in [0.717, 1.165) is 24.2 Å². The van der Waals surface area contributed by atoms with Crippen LogP contribution >= 0.6 is 11.3 Å². The number of fused-ring (bicyclic) bond motifs is 2. The zero-order chi connectivity index (χ0) is 27.0. The number of ether oxygens (including phenoxy) is 3. The van der Waals surface area contributed by atoms with E-state index in [2.05, 4.69) is 11.9 Å². The van der Waals surface area contributed by atoms with E-state index in [1.165, 1.54) is 19.1 Å². The molecular weight excluding hydrogens is 508 g/mol. The minimum Gasteiger partial charge on any atom is -0.493 e. The molecule has 2 aromatic carbocycles. The van der Waals surface area contributed by atoms with Gasteiger partial charge >= 0.3 is 5.97 Å². The number of methoxy groups -OCH3 is 2. The van der Waals surface area contributed by atoms with E-state index < -0.39 is 17.9 Å². The fourth-order valence-electron chi connectivity index (χ4n) is 4.50. The largest absolute Gasteiger partial charge is 0.493 e. The molecule has 0 aliphatic carbocycles. The Morgan fingerprint density at radius 3 is 2.66 bits per heavy atom. The Hall–Kier alpha value is -4.18. The number of anilines is 1. The van der Waals surface area contributed by atoms with Crippen LogP contribution in [0.3, 0.4) is 0 Å². The normalized spacial score (nSPS) is 14.6. The second kappa shape index (κ2) is 10.3. The molecule has 0 radical (unpaired) electrons. The van der Waals surface area contributed by atoms with Gasteiger partial charge in [-0.2, -0.15) is 0 Å². The van der Waals surface area contributed by atoms with Gasteiger partial charge in [-0.15, -0.1) is 0 Å². The molecule has 0 N–H and O–H groups in total. The second-order valence-electron chi connectivity index (χ2n) is 8.76. The number of benzene rings is 2. The number of aromatic nitrogens is 1. The summed E-state index contributed by atoms with van der Waals surface area (Å²) >= 11 is 1.02. The van der Waals surface area contributed by atoms with Crippen LogP contribution in [0.4, 0.5) is 5.13 Å². The molecule has 2 aromatic heterocycles. The third-order valence-electron chi connectivity index (χ3n) is 6.40. The van der Waals surface area contributed by atoms with E-state index in [1.54, 1.807) is 49.4 Å². The lowest BCUT2D eigenvalue weighted by Crippen LogP contribution is -2.29. The molecule has 5 rings (SSSR count). The molecule has 196 valence electrons. The summed E-state index contributed by atoms with van der Waals surface area (Å²) in [5, 5.41) is 0.609. The Labute approximate surface area is 222 Å². The highest BCUT2D eigenvalue weighted by molar-refractivity contribution is 7.17. The maximum Gasteiger partial charge on any atom is 0.350 e. The molecule has 0 saturated heterocycles. The number of carbonyl (C=O) groups excluding carboxylic acids is 2. The van der Waals surface area contributed by atoms with Gasteiger partial charge in [0.15, 0.2) is 22.1 Å². The average Bonchev–Trinajstić information content (AvgIpc) is 3.45. The zero-order valence-corrected chi connectivity index (χ0v) is 22.2. The van der Waals surface area contributed by atoms with E-state index in [-0.39, 0.29) is 26.8 Å². The number of unbranched alkanes of at least 4 members (excludes halogenated alkanes) is 1. The monoisotopic (exact) mass is 534 g/mol. The summed E-state index contributed by atoms with van der Waals surface area (Å²) in [5.41, 5.74) is 1.22. The van der Waals surface area contributed by atoms with Crippen molar-refractivity contribution in [1.82, 2.24) is 4.98 Å². The first kappa shape index (κ1) is 25.5. The van der Waals surface area contributed by atoms with Crippen LogP contribution in [0, 0.1) is 6.92 Å². The van der Waals surface area contributed by atoms with Crippen molar-refractivity contribution in [1.29, 1.82) is 0 Å². The number of aryl methyl sites for hydroxylation is 1. The number of esters is 1. The number of para-hydroxylation sites is 1. The van der Waals surface area contributed by atoms with Gasteiger partial charge in [0.2, 0.25) is 5.76 Å². The van der Waals surface area contributed by atoms with Crippen molar-refractivity contribution in [2.24, 2.45) is 0 Å². The molecule has 1 amide bonds. The Morgan fingerprint density at radius 1 is 1.13 bits per heavy atom. The highest BCUT2D eigenvalue weighted by Gasteiger charge is 2.45. The molecule has 9 nitrogen and oxygen atoms in total. The van der Waals surface area contributed by atoms with Crippen LogP contribution in [-0.4, -0.2) is 37.7 Å². The van der Waals surface area contributed by atoms with Crippen LogP contribution in [-0.2, 0) is 4.74 Å². The number of rotatable bonds is 8. The first-order valence-electron chi connectivity index (χ1n) is 12.1. The molecule has 0 spiro atoms. The third-order valence-corrected chi connectivity index (χ3v) is 7.54. The van der Waals surface area contributed by atoms with Crippen molar-refractivity contribution in [3.63, 3.8) is 0 Å². The quantitative estimate of drug-likeness (QED) is 0.222. The first-order valence-corrected chi connectivity index (χ1v) is 13.0. The molecule has 0 saturated carbocycles. The number of nitrogens with zero attached hydrogens (tertiary/aromatic N) is 2. The maximum atomic E-state index is 13.8. The van der Waals surface area contributed by atoms with E-state index in [9.17, 15) is 14.4 Å². The van der Waals surface area contributed by atoms with Gasteiger partial charge in [0.1, 0.15) is 10.5 Å². The van der Waals surface area contributed by atoms with Crippen molar-refractivity contribution in [3.05, 3.63) is 80.1 Å². The van der Waals surface area contributed by atoms with Crippen LogP contribution in [0.25, 0.3) is 11.0 Å². The minimum atomic E-state index is -0.868. The Kier molecular flexibility index (Phi) is 6.90. The third kappa shape index (κ3) is 4.20. The molecule has 0 fully saturated rings. The van der Waals surface area contributed by atoms with Gasteiger partial charge in [-0.3, -0.25) is 14.5 Å². The molecule has 1 aliphatic rings. The first-order chi connectivity index (χ1) is 18.4. The molecule has 3 heterocycles. The summed E-state index contributed by atoms with van der Waals surface area (Å²) in [5.74, 6) is -0.115. The van der Waals surface area contributed by atoms with E-state index in [0.29, 0.717) is 40.3 Å². The Bertz CT molecular complexity index is 1610. The number of carbonyl (C=O) groups is 2. The highest BCUT2D eigenvalue weighted by Crippen LogP contribution is 2.44. The van der Waals surface area contributed by atoms with Crippen molar-refractivity contribution in [2.75, 3.05) is 25.7 Å². The van der Waals surface area contributed by atoms with Crippen molar-refractivity contribution < 1.29 is 28.2 Å². The molecule has 0 bridgehead atoms. The minimum absolute atomic E-state index is 0.0617. The smallest absolute Gasteiger partial charge is 0.350 e. The van der Waals surface area contributed by atoms with Crippen molar-refractivity contribution in [2.45, 2.75) is 32.7 Å². The van der Waals surface area contributed by atoms with Crippen molar-refractivity contribution >= 4 is 39.3 Å². The van der Waals surface area contributed by atoms with Gasteiger partial charge in [0.25, 0.3) is 5.91 Å². The molecule has 38 heavy (non-hydrogen) atoms. The average molecular weight is 535 g/mol. The topological polar surface area (TPSA) is 108 Å². The van der Waals surface area contributed by atoms with Gasteiger partial charge in [-0.05, 0) is 43.2 Å². The molecule has 10 heteroatoms. The van der Waals surface area contributed by atoms with Crippen LogP contribution < -0.4 is 19.8 Å². The molecule has 1 atom stereocenters. The summed E-state index contributed by atoms with van der Waals surface area (Å²) in [7, 11) is 2.82. The Morgan fingerprint density at radius 2 is 1.92 bits per heavy atom. The number of amides is 1. The van der Waals surface area contributed by atoms with E-state index >= 15 is 0 Å². The zero-order valence-electron chi connectivity index (χ0n) is 21.4. The summed E-state index contributed by atoms with van der Waals surface area (Å²) in [6.07, 6.45) is 1.88. The lowest BCUT2D eigenvalue weighted by molar-refractivity contribution is 0.0605. The maximum absolute atomic E-state index is 13.8. The van der Waals surface area contributed by atoms with Gasteiger partial charge < -0.3 is 18.6 Å². The molecule has 0 unspecified atom stereocenters. The fraction of sp³-hybridized carbons (Fsp3) is 0.286. The number of thiazole rings is 1. The predicted octanol–water partition coefficient (Wildman–Crippen LogP) is 5.28. The van der Waals surface area contributed by atoms with Gasteiger partial charge in [0.05, 0.1) is 43.5 Å². The summed E-state index contributed by atoms with van der Waals surface area (Å²) < 4.78 is 22.3. The van der Waals surface area contributed by atoms with Crippen LogP contribution in [0.5, 0.6) is 11.5 Å². The number of hydrogen-bond donors (Lipinski definition) is 0. The van der Waals surface area contributed by atoms with Crippen LogP contribution in [0.2, 0.25) is 0 Å². The molecular formula is C28H26N2O7S. The lowest BCUT2D eigenvalue weighted by Gasteiger charge is -2.23. The van der Waals surface area contributed by atoms with Gasteiger partial charge in [-0.1, -0.05) is 42.9 Å². The van der Waals surface area contributed by atoms with E-state index in [4.69, 9.17) is 18.6 Å². The molecule has 1 aliphatic heterocycles. The lowest BCUT2D eigenvalue weighted by atomic mass is 9.98. The SMILES string of the molecule is CCCCOc1ccc([C@H]2c3c(oc4ccccc4c3=O)C(=O)N2c2nc(C)c(C(=O)OC)s2)cc1OC. The Balaban J connectivity index is 1.71. The fourth-order valence-corrected chi connectivity index (χ4v) is 5.51. The standard InChI is InChI=1S/C28H26N2O7S/c1-5-6-13-36-19-12-11-16(14-20(19)34-3)22-21-23(31)17-9-7-8-10-18(17)37-24(21)26(32)30(22)28-29-15(2)25(38-28)27(33)35-4/h7-12,14,22H,5-6,13H2,1-4H3/t22-/m0/s1.